The molecule has 4 nitrogen and oxygen atoms in total. The molecule has 33 valence electrons. The standard InChI is InChI=1S/CH4N2O.Na.H2O/c2-1(3)4;;/h(H4,2,3,4);;1H2. The molecule has 0 fully saturated rings. The first kappa shape index (κ1) is 16.3. The third-order valence-electron chi connectivity index (χ3n) is 0. The van der Waals surface area contributed by atoms with Gasteiger partial charge in [-0.1, -0.05) is 0 Å². The Morgan fingerprint density at radius 3 is 1.33 bits per heavy atom. The predicted octanol–water partition coefficient (Wildman–Crippen LogP) is -2.18. The van der Waals surface area contributed by atoms with Gasteiger partial charge in [-0.05, 0) is 0 Å². The quantitative estimate of drug-likeness (QED) is 0.333. The number of hydrogen-bond donors (Lipinski definition) is 2. The summed E-state index contributed by atoms with van der Waals surface area (Å²) in [7, 11) is 0. The largest absolute Gasteiger partial charge is 0.412 e. The number of amides is 2. The third kappa shape index (κ3) is 834. The van der Waals surface area contributed by atoms with Crippen LogP contribution in [0.4, 0.5) is 4.79 Å². The Kier molecular flexibility index (Phi) is 24.4. The van der Waals surface area contributed by atoms with Crippen LogP contribution in [0.1, 0.15) is 0 Å². The fourth-order valence-electron chi connectivity index (χ4n) is 0. The molecule has 2 amide bonds. The second kappa shape index (κ2) is 8.97. The first-order chi connectivity index (χ1) is 1.73. The van der Waals surface area contributed by atoms with E-state index in [1.807, 2.05) is 0 Å². The van der Waals surface area contributed by atoms with Gasteiger partial charge in [-0.3, -0.25) is 0 Å². The maximum absolute atomic E-state index is 9.00. The first-order valence-corrected chi connectivity index (χ1v) is 0.781. The first-order valence-electron chi connectivity index (χ1n) is 0.781. The van der Waals surface area contributed by atoms with Gasteiger partial charge >= 0.3 is 6.03 Å². The van der Waals surface area contributed by atoms with Crippen LogP contribution in [0.25, 0.3) is 0 Å². The van der Waals surface area contributed by atoms with Crippen molar-refractivity contribution in [3.05, 3.63) is 0 Å². The summed E-state index contributed by atoms with van der Waals surface area (Å²) in [5.41, 5.74) is 8.50. The van der Waals surface area contributed by atoms with Crippen LogP contribution in [0.15, 0.2) is 0 Å². The maximum atomic E-state index is 9.00. The molecule has 0 aromatic rings. The number of carbonyl (C=O) groups excluding carboxylic acids is 1. The maximum Gasteiger partial charge on any atom is 0.309 e. The smallest absolute Gasteiger partial charge is 0.309 e. The van der Waals surface area contributed by atoms with Crippen LogP contribution in [0, 0.1) is 0 Å². The molecule has 0 rings (SSSR count). The van der Waals surface area contributed by atoms with E-state index < -0.39 is 6.03 Å². The zero-order valence-electron chi connectivity index (χ0n) is 3.56. The molecule has 5 heteroatoms. The van der Waals surface area contributed by atoms with Gasteiger partial charge in [-0.2, -0.15) is 0 Å². The Morgan fingerprint density at radius 2 is 1.33 bits per heavy atom. The van der Waals surface area contributed by atoms with E-state index in [-0.39, 0.29) is 35.0 Å². The molecule has 0 bridgehead atoms. The predicted molar refractivity (Wildman–Crippen MR) is 23.1 cm³/mol. The summed E-state index contributed by atoms with van der Waals surface area (Å²) in [6, 6.07) is -0.833. The Labute approximate surface area is 57.5 Å². The van der Waals surface area contributed by atoms with Crippen molar-refractivity contribution in [2.75, 3.05) is 0 Å². The normalized spacial score (nSPS) is 4.00. The van der Waals surface area contributed by atoms with E-state index in [9.17, 15) is 0 Å². The molecule has 1 radical (unpaired) electrons. The summed E-state index contributed by atoms with van der Waals surface area (Å²) >= 11 is 0. The van der Waals surface area contributed by atoms with Crippen molar-refractivity contribution in [3.63, 3.8) is 0 Å². The molecular formula is CH6N2NaO2. The molecular weight excluding hydrogens is 95.0 g/mol. The second-order valence-electron chi connectivity index (χ2n) is 0.402. The van der Waals surface area contributed by atoms with Gasteiger partial charge in [0.25, 0.3) is 0 Å². The Balaban J connectivity index is -0.0000000450. The second-order valence-corrected chi connectivity index (χ2v) is 0.402. The molecule has 0 heterocycles. The molecule has 0 aliphatic rings. The van der Waals surface area contributed by atoms with E-state index in [2.05, 4.69) is 11.5 Å². The molecule has 0 saturated carbocycles. The summed E-state index contributed by atoms with van der Waals surface area (Å²) in [5, 5.41) is 0. The zero-order chi connectivity index (χ0) is 3.58. The molecule has 0 aliphatic carbocycles. The SMILES string of the molecule is NC(N)=O.O.[Na]. The van der Waals surface area contributed by atoms with Gasteiger partial charge in [0.05, 0.1) is 0 Å². The fourth-order valence-corrected chi connectivity index (χ4v) is 0. The molecule has 0 saturated heterocycles. The summed E-state index contributed by atoms with van der Waals surface area (Å²) in [5.74, 6) is 0. The molecule has 0 aromatic heterocycles. The number of hydrogen-bond acceptors (Lipinski definition) is 1. The third-order valence-corrected chi connectivity index (χ3v) is 0. The van der Waals surface area contributed by atoms with Crippen molar-refractivity contribution < 1.29 is 10.3 Å². The Morgan fingerprint density at radius 1 is 1.33 bits per heavy atom. The van der Waals surface area contributed by atoms with Crippen molar-refractivity contribution in [1.82, 2.24) is 0 Å². The van der Waals surface area contributed by atoms with E-state index in [1.165, 1.54) is 0 Å². The van der Waals surface area contributed by atoms with Gasteiger partial charge < -0.3 is 16.9 Å². The van der Waals surface area contributed by atoms with Crippen molar-refractivity contribution in [2.24, 2.45) is 11.5 Å². The van der Waals surface area contributed by atoms with E-state index in [1.54, 1.807) is 0 Å². The van der Waals surface area contributed by atoms with E-state index in [0.717, 1.165) is 0 Å². The zero-order valence-corrected chi connectivity index (χ0v) is 5.56. The number of carbonyl (C=O) groups is 1. The van der Waals surface area contributed by atoms with Crippen molar-refractivity contribution in [3.8, 4) is 0 Å². The fraction of sp³-hybridized carbons (Fsp3) is 0. The summed E-state index contributed by atoms with van der Waals surface area (Å²) in [6.45, 7) is 0. The van der Waals surface area contributed by atoms with Gasteiger partial charge in [0.2, 0.25) is 0 Å². The number of primary amides is 2. The molecule has 0 aliphatic heterocycles. The minimum absolute atomic E-state index is 0. The molecule has 0 atom stereocenters. The molecule has 0 aromatic carbocycles. The summed E-state index contributed by atoms with van der Waals surface area (Å²) in [6.07, 6.45) is 0. The van der Waals surface area contributed by atoms with Crippen LogP contribution in [0.3, 0.4) is 0 Å². The van der Waals surface area contributed by atoms with E-state index in [0.29, 0.717) is 0 Å². The average molecular weight is 101 g/mol. The number of urea groups is 1. The minimum Gasteiger partial charge on any atom is -0.412 e. The van der Waals surface area contributed by atoms with Crippen LogP contribution < -0.4 is 11.5 Å². The van der Waals surface area contributed by atoms with Crippen molar-refractivity contribution in [2.45, 2.75) is 0 Å². The van der Waals surface area contributed by atoms with Gasteiger partial charge in [0.1, 0.15) is 0 Å². The number of rotatable bonds is 0. The monoisotopic (exact) mass is 101 g/mol. The summed E-state index contributed by atoms with van der Waals surface area (Å²) in [4.78, 5) is 9.00. The topological polar surface area (TPSA) is 101 Å². The number of nitrogens with two attached hydrogens (primary N) is 2. The Hall–Kier alpha value is 0.230. The van der Waals surface area contributed by atoms with Gasteiger partial charge in [-0.15, -0.1) is 0 Å². The minimum atomic E-state index is -0.833. The molecule has 0 spiro atoms. The van der Waals surface area contributed by atoms with Gasteiger partial charge in [0, 0.05) is 29.6 Å². The molecule has 6 heavy (non-hydrogen) atoms. The van der Waals surface area contributed by atoms with Crippen molar-refractivity contribution in [1.29, 1.82) is 0 Å². The molecule has 6 N–H and O–H groups in total. The van der Waals surface area contributed by atoms with Gasteiger partial charge in [-0.25, -0.2) is 4.79 Å². The van der Waals surface area contributed by atoms with Crippen LogP contribution >= 0.6 is 0 Å². The van der Waals surface area contributed by atoms with E-state index >= 15 is 0 Å². The van der Waals surface area contributed by atoms with E-state index in [4.69, 9.17) is 4.79 Å². The molecule has 0 unspecified atom stereocenters. The van der Waals surface area contributed by atoms with Crippen LogP contribution in [-0.4, -0.2) is 41.1 Å². The van der Waals surface area contributed by atoms with Crippen molar-refractivity contribution >= 4 is 35.6 Å². The van der Waals surface area contributed by atoms with Crippen LogP contribution in [0.2, 0.25) is 0 Å². The summed E-state index contributed by atoms with van der Waals surface area (Å²) < 4.78 is 0. The van der Waals surface area contributed by atoms with Gasteiger partial charge in [0.15, 0.2) is 0 Å². The Bertz CT molecular complexity index is 34.5. The average Bonchev–Trinajstić information content (AvgIpc) is 0.811. The van der Waals surface area contributed by atoms with Crippen LogP contribution in [-0.2, 0) is 0 Å². The van der Waals surface area contributed by atoms with Crippen LogP contribution in [0.5, 0.6) is 0 Å².